The zero-order chi connectivity index (χ0) is 28.4. The van der Waals surface area contributed by atoms with Gasteiger partial charge in [-0.25, -0.2) is 0 Å². The number of nitrogens with one attached hydrogen (secondary N) is 8. The molecule has 1 spiro atoms. The second-order valence-electron chi connectivity index (χ2n) is 12.3. The number of ether oxygens (including phenoxy) is 1. The van der Waals surface area contributed by atoms with Gasteiger partial charge in [0, 0.05) is 18.7 Å². The van der Waals surface area contributed by atoms with E-state index in [0.717, 1.165) is 31.4 Å². The van der Waals surface area contributed by atoms with Gasteiger partial charge in [-0.2, -0.15) is 0 Å². The lowest BCUT2D eigenvalue weighted by Gasteiger charge is -2.52. The SMILES string of the molecule is CC1(C)CCOc2c(C(=O)NC3CN4C(=N)N[C@@H](CNC(=O)C5CCCN5)C5NC(=N)N[C@@]54[C@]3(C)O)cccc21. The smallest absolute Gasteiger partial charge is 0.255 e. The zero-order valence-electron chi connectivity index (χ0n) is 23.1. The van der Waals surface area contributed by atoms with Crippen molar-refractivity contribution < 1.29 is 19.4 Å². The Balaban J connectivity index is 1.25. The molecule has 40 heavy (non-hydrogen) atoms. The number of benzene rings is 1. The van der Waals surface area contributed by atoms with Gasteiger partial charge in [0.1, 0.15) is 11.4 Å². The average Bonchev–Trinajstić information content (AvgIpc) is 3.61. The molecule has 9 N–H and O–H groups in total. The van der Waals surface area contributed by atoms with Gasteiger partial charge in [0.25, 0.3) is 5.91 Å². The number of guanidine groups is 2. The molecule has 5 heterocycles. The third-order valence-corrected chi connectivity index (χ3v) is 9.44. The van der Waals surface area contributed by atoms with Crippen LogP contribution in [0.15, 0.2) is 18.2 Å². The Hall–Kier alpha value is -3.58. The first-order valence-corrected chi connectivity index (χ1v) is 14.0. The first-order valence-electron chi connectivity index (χ1n) is 14.0. The van der Waals surface area contributed by atoms with Gasteiger partial charge in [-0.15, -0.1) is 0 Å². The number of nitrogens with zero attached hydrogens (tertiary/aromatic N) is 1. The highest BCUT2D eigenvalue weighted by Gasteiger charge is 2.72. The van der Waals surface area contributed by atoms with Gasteiger partial charge in [0.05, 0.1) is 36.3 Å². The van der Waals surface area contributed by atoms with E-state index in [2.05, 4.69) is 45.7 Å². The minimum Gasteiger partial charge on any atom is -0.492 e. The molecule has 0 radical (unpaired) electrons. The third kappa shape index (κ3) is 3.89. The summed E-state index contributed by atoms with van der Waals surface area (Å²) in [5, 5.41) is 47.8. The minimum absolute atomic E-state index is 0.000276. The lowest BCUT2D eigenvalue weighted by Crippen LogP contribution is -2.81. The molecule has 4 fully saturated rings. The number of carbonyl (C=O) groups excluding carboxylic acids is 2. The Morgan fingerprint density at radius 3 is 2.77 bits per heavy atom. The second kappa shape index (κ2) is 9.23. The lowest BCUT2D eigenvalue weighted by molar-refractivity contribution is -0.123. The summed E-state index contributed by atoms with van der Waals surface area (Å²) in [6.07, 6.45) is 2.56. The fourth-order valence-corrected chi connectivity index (χ4v) is 7.06. The van der Waals surface area contributed by atoms with Crippen molar-refractivity contribution in [1.29, 1.82) is 10.8 Å². The second-order valence-corrected chi connectivity index (χ2v) is 12.3. The van der Waals surface area contributed by atoms with Crippen LogP contribution in [0, 0.1) is 10.8 Å². The Kier molecular flexibility index (Phi) is 6.15. The molecule has 216 valence electrons. The summed E-state index contributed by atoms with van der Waals surface area (Å²) in [7, 11) is 0. The predicted molar refractivity (Wildman–Crippen MR) is 147 cm³/mol. The molecule has 13 nitrogen and oxygen atoms in total. The van der Waals surface area contributed by atoms with E-state index in [1.165, 1.54) is 0 Å². The zero-order valence-corrected chi connectivity index (χ0v) is 23.1. The number of para-hydroxylation sites is 1. The number of amides is 2. The summed E-state index contributed by atoms with van der Waals surface area (Å²) in [4.78, 5) is 28.0. The van der Waals surface area contributed by atoms with Gasteiger partial charge in [-0.05, 0) is 44.2 Å². The van der Waals surface area contributed by atoms with Crippen molar-refractivity contribution in [3.63, 3.8) is 0 Å². The molecule has 5 aliphatic heterocycles. The van der Waals surface area contributed by atoms with Crippen molar-refractivity contribution in [3.05, 3.63) is 29.3 Å². The van der Waals surface area contributed by atoms with Crippen molar-refractivity contribution in [1.82, 2.24) is 36.8 Å². The summed E-state index contributed by atoms with van der Waals surface area (Å²) < 4.78 is 5.95. The van der Waals surface area contributed by atoms with Gasteiger partial charge in [0.15, 0.2) is 17.6 Å². The van der Waals surface area contributed by atoms with Crippen LogP contribution < -0.4 is 36.6 Å². The van der Waals surface area contributed by atoms with Crippen molar-refractivity contribution in [3.8, 4) is 5.75 Å². The highest BCUT2D eigenvalue weighted by atomic mass is 16.5. The number of rotatable bonds is 5. The lowest BCUT2D eigenvalue weighted by atomic mass is 9.78. The van der Waals surface area contributed by atoms with E-state index in [9.17, 15) is 14.7 Å². The summed E-state index contributed by atoms with van der Waals surface area (Å²) in [6, 6.07) is 3.44. The Morgan fingerprint density at radius 1 is 1.23 bits per heavy atom. The molecule has 4 saturated heterocycles. The molecule has 13 heteroatoms. The van der Waals surface area contributed by atoms with Crippen molar-refractivity contribution in [2.45, 2.75) is 80.9 Å². The van der Waals surface area contributed by atoms with Crippen LogP contribution in [0.25, 0.3) is 0 Å². The molecule has 1 aromatic carbocycles. The maximum atomic E-state index is 13.7. The van der Waals surface area contributed by atoms with Crippen molar-refractivity contribution >= 4 is 23.7 Å². The van der Waals surface area contributed by atoms with Crippen LogP contribution in [0.5, 0.6) is 5.75 Å². The summed E-state index contributed by atoms with van der Waals surface area (Å²) >= 11 is 0. The topological polar surface area (TPSA) is 187 Å². The van der Waals surface area contributed by atoms with Crippen molar-refractivity contribution in [2.24, 2.45) is 0 Å². The van der Waals surface area contributed by atoms with Crippen LogP contribution in [0.2, 0.25) is 0 Å². The van der Waals surface area contributed by atoms with E-state index in [4.69, 9.17) is 15.6 Å². The molecule has 0 aliphatic carbocycles. The van der Waals surface area contributed by atoms with E-state index in [1.807, 2.05) is 12.1 Å². The van der Waals surface area contributed by atoms with E-state index in [-0.39, 0.29) is 48.3 Å². The van der Waals surface area contributed by atoms with Gasteiger partial charge in [-0.3, -0.25) is 20.4 Å². The first-order chi connectivity index (χ1) is 19.0. The minimum atomic E-state index is -1.61. The molecule has 6 rings (SSSR count). The molecular weight excluding hydrogens is 514 g/mol. The first kappa shape index (κ1) is 26.6. The van der Waals surface area contributed by atoms with E-state index >= 15 is 0 Å². The Morgan fingerprint density at radius 2 is 2.02 bits per heavy atom. The van der Waals surface area contributed by atoms with E-state index < -0.39 is 29.4 Å². The Labute approximate surface area is 233 Å². The molecule has 3 unspecified atom stereocenters. The molecule has 2 amide bonds. The number of fused-ring (bicyclic) bond motifs is 1. The summed E-state index contributed by atoms with van der Waals surface area (Å²) in [5.74, 6) is 0.120. The van der Waals surface area contributed by atoms with E-state index in [1.54, 1.807) is 17.9 Å². The summed E-state index contributed by atoms with van der Waals surface area (Å²) in [6.45, 7) is 7.52. The van der Waals surface area contributed by atoms with Gasteiger partial charge < -0.3 is 46.6 Å². The standard InChI is InChI=1S/C27H39N9O4/c1-25(2)9-11-40-19-14(6-4-7-15(19)25)21(37)33-18-13-36-24(29)32-17(12-31-22(38)16-8-5-10-30-16)20-27(36,26(18,3)39)35-23(28)34-20/h4,6-7,16-18,20,30,39H,5,8-13H2,1-3H3,(H2,29,32)(H,31,38)(H,33,37)(H3,28,34,35)/t16?,17-,18?,20?,26+,27-/m0/s1. The normalized spacial score (nSPS) is 35.4. The highest BCUT2D eigenvalue weighted by molar-refractivity contribution is 5.98. The molecule has 5 aliphatic rings. The van der Waals surface area contributed by atoms with Crippen LogP contribution in [-0.2, 0) is 10.2 Å². The summed E-state index contributed by atoms with van der Waals surface area (Å²) in [5.41, 5.74) is -1.67. The monoisotopic (exact) mass is 553 g/mol. The van der Waals surface area contributed by atoms with Crippen LogP contribution in [0.4, 0.5) is 0 Å². The maximum absolute atomic E-state index is 13.7. The van der Waals surface area contributed by atoms with Crippen LogP contribution in [0.3, 0.4) is 0 Å². The number of carbonyl (C=O) groups is 2. The van der Waals surface area contributed by atoms with Crippen molar-refractivity contribution in [2.75, 3.05) is 26.2 Å². The quantitative estimate of drug-likeness (QED) is 0.218. The van der Waals surface area contributed by atoms with Crippen LogP contribution in [0.1, 0.15) is 56.0 Å². The van der Waals surface area contributed by atoms with Crippen LogP contribution >= 0.6 is 0 Å². The fraction of sp³-hybridized carbons (Fsp3) is 0.630. The largest absolute Gasteiger partial charge is 0.492 e. The molecule has 0 bridgehead atoms. The van der Waals surface area contributed by atoms with E-state index in [0.29, 0.717) is 17.9 Å². The predicted octanol–water partition coefficient (Wildman–Crippen LogP) is -1.12. The fourth-order valence-electron chi connectivity index (χ4n) is 7.06. The average molecular weight is 554 g/mol. The number of hydrogen-bond acceptors (Lipinski definition) is 7. The number of aliphatic hydroxyl groups is 1. The third-order valence-electron chi connectivity index (χ3n) is 9.44. The number of hydrogen-bond donors (Lipinski definition) is 9. The van der Waals surface area contributed by atoms with Gasteiger partial charge >= 0.3 is 0 Å². The Bertz CT molecular complexity index is 1260. The van der Waals surface area contributed by atoms with Gasteiger partial charge in [-0.1, -0.05) is 26.0 Å². The molecule has 1 aromatic rings. The molecular formula is C27H39N9O4. The highest BCUT2D eigenvalue weighted by Crippen LogP contribution is 2.45. The van der Waals surface area contributed by atoms with Gasteiger partial charge in [0.2, 0.25) is 5.91 Å². The van der Waals surface area contributed by atoms with Crippen LogP contribution in [-0.4, -0.2) is 95.4 Å². The molecule has 0 saturated carbocycles. The maximum Gasteiger partial charge on any atom is 0.255 e. The molecule has 6 atom stereocenters. The molecule has 0 aromatic heterocycles.